The van der Waals surface area contributed by atoms with E-state index in [2.05, 4.69) is 42.7 Å². The van der Waals surface area contributed by atoms with Crippen molar-refractivity contribution in [3.63, 3.8) is 0 Å². The number of carboxylic acids is 1. The molecule has 0 radical (unpaired) electrons. The molecular formula is C34H42F3N5O3. The summed E-state index contributed by atoms with van der Waals surface area (Å²) in [4.78, 5) is 30.9. The van der Waals surface area contributed by atoms with Gasteiger partial charge in [0, 0.05) is 44.3 Å². The van der Waals surface area contributed by atoms with E-state index in [-0.39, 0.29) is 34.8 Å². The highest BCUT2D eigenvalue weighted by molar-refractivity contribution is 5.93. The van der Waals surface area contributed by atoms with Crippen LogP contribution >= 0.6 is 0 Å². The van der Waals surface area contributed by atoms with Gasteiger partial charge in [0.1, 0.15) is 5.82 Å². The van der Waals surface area contributed by atoms with Gasteiger partial charge in [-0.25, -0.2) is 18.2 Å². The fraction of sp³-hybridized carbons (Fsp3) is 0.412. The third kappa shape index (κ3) is 8.61. The lowest BCUT2D eigenvalue weighted by Gasteiger charge is -2.33. The summed E-state index contributed by atoms with van der Waals surface area (Å²) in [5.41, 5.74) is 2.02. The largest absolute Gasteiger partial charge is 0.481 e. The Labute approximate surface area is 262 Å². The molecule has 11 heteroatoms. The number of anilines is 1. The lowest BCUT2D eigenvalue weighted by atomic mass is 10.0. The van der Waals surface area contributed by atoms with Crippen LogP contribution in [0.5, 0.6) is 0 Å². The first kappa shape index (κ1) is 35.1. The highest BCUT2D eigenvalue weighted by Crippen LogP contribution is 2.33. The van der Waals surface area contributed by atoms with Crippen LogP contribution in [0.4, 0.5) is 19.0 Å². The van der Waals surface area contributed by atoms with Crippen LogP contribution in [0.25, 0.3) is 16.9 Å². The molecule has 1 fully saturated rings. The van der Waals surface area contributed by atoms with E-state index in [1.165, 1.54) is 0 Å². The second-order valence-corrected chi connectivity index (χ2v) is 11.3. The molecule has 3 heterocycles. The number of aromatic nitrogens is 3. The van der Waals surface area contributed by atoms with Gasteiger partial charge in [-0.3, -0.25) is 9.59 Å². The molecule has 8 nitrogen and oxygen atoms in total. The Morgan fingerprint density at radius 1 is 1.02 bits per heavy atom. The zero-order chi connectivity index (χ0) is 33.4. The molecule has 0 aliphatic carbocycles. The monoisotopic (exact) mass is 625 g/mol. The van der Waals surface area contributed by atoms with E-state index >= 15 is 0 Å². The molecule has 45 heavy (non-hydrogen) atoms. The van der Waals surface area contributed by atoms with Crippen LogP contribution in [0.2, 0.25) is 0 Å². The number of carbonyl (C=O) groups is 2. The van der Waals surface area contributed by atoms with Gasteiger partial charge in [0.15, 0.2) is 28.8 Å². The van der Waals surface area contributed by atoms with Crippen LogP contribution < -0.4 is 4.90 Å². The maximum atomic E-state index is 14.2. The summed E-state index contributed by atoms with van der Waals surface area (Å²) in [5, 5.41) is 12.1. The number of hydrogen-bond acceptors (Lipinski definition) is 5. The van der Waals surface area contributed by atoms with Crippen molar-refractivity contribution in [2.24, 2.45) is 11.8 Å². The SMILES string of the molecule is CC.CC(=O)O.CC(C)CN(c1cc(-c2cc(F)c(F)c(F)c2)nc2cc(C(=O)N3CCC(C)C3)nn12)[C@@H](C)c1ccccc1. The Balaban J connectivity index is 0.000000853. The minimum Gasteiger partial charge on any atom is -0.481 e. The van der Waals surface area contributed by atoms with Gasteiger partial charge in [-0.05, 0) is 42.9 Å². The number of hydrogen-bond donors (Lipinski definition) is 1. The zero-order valence-electron chi connectivity index (χ0n) is 26.9. The number of amides is 1. The third-order valence-corrected chi connectivity index (χ3v) is 7.22. The number of benzene rings is 2. The first-order valence-corrected chi connectivity index (χ1v) is 15.2. The summed E-state index contributed by atoms with van der Waals surface area (Å²) >= 11 is 0. The van der Waals surface area contributed by atoms with Gasteiger partial charge in [0.2, 0.25) is 0 Å². The standard InChI is InChI=1S/C30H32F3N5O.C2H4O2.C2H6/c1-18(2)16-37(20(4)21-8-6-5-7-9-21)28-15-25(22-12-23(31)29(33)24(32)13-22)34-27-14-26(35-38(27)28)30(39)36-11-10-19(3)17-36;1-2(3)4;1-2/h5-9,12-15,18-20H,10-11,16-17H2,1-4H3;1H3,(H,3,4);1-2H3/t19?,20-;;/m0../s1. The van der Waals surface area contributed by atoms with E-state index < -0.39 is 23.4 Å². The van der Waals surface area contributed by atoms with Crippen molar-refractivity contribution in [1.29, 1.82) is 0 Å². The van der Waals surface area contributed by atoms with Gasteiger partial charge in [-0.15, -0.1) is 0 Å². The van der Waals surface area contributed by atoms with Crippen LogP contribution in [-0.2, 0) is 4.79 Å². The van der Waals surface area contributed by atoms with Crippen molar-refractivity contribution in [1.82, 2.24) is 19.5 Å². The minimum atomic E-state index is -1.53. The summed E-state index contributed by atoms with van der Waals surface area (Å²) in [7, 11) is 0. The van der Waals surface area contributed by atoms with Gasteiger partial charge in [-0.1, -0.05) is 65.0 Å². The number of nitrogens with zero attached hydrogens (tertiary/aromatic N) is 5. The lowest BCUT2D eigenvalue weighted by molar-refractivity contribution is -0.134. The molecule has 1 amide bonds. The number of carboxylic acid groups (broad SMARTS) is 1. The lowest BCUT2D eigenvalue weighted by Crippen LogP contribution is -2.32. The molecule has 0 bridgehead atoms. The molecule has 2 aromatic heterocycles. The zero-order valence-corrected chi connectivity index (χ0v) is 26.9. The Kier molecular flexibility index (Phi) is 12.1. The fourth-order valence-electron chi connectivity index (χ4n) is 5.16. The van der Waals surface area contributed by atoms with Crippen molar-refractivity contribution in [2.45, 2.75) is 60.9 Å². The maximum Gasteiger partial charge on any atom is 0.300 e. The van der Waals surface area contributed by atoms with E-state index in [1.807, 2.05) is 44.2 Å². The Morgan fingerprint density at radius 3 is 2.16 bits per heavy atom. The van der Waals surface area contributed by atoms with Crippen LogP contribution in [0.3, 0.4) is 0 Å². The number of carbonyl (C=O) groups excluding carboxylic acids is 1. The van der Waals surface area contributed by atoms with E-state index in [0.29, 0.717) is 37.0 Å². The number of likely N-dealkylation sites (tertiary alicyclic amines) is 1. The summed E-state index contributed by atoms with van der Waals surface area (Å²) < 4.78 is 43.8. The van der Waals surface area contributed by atoms with Crippen molar-refractivity contribution in [3.05, 3.63) is 83.3 Å². The molecular weight excluding hydrogens is 583 g/mol. The predicted molar refractivity (Wildman–Crippen MR) is 170 cm³/mol. The van der Waals surface area contributed by atoms with E-state index in [0.717, 1.165) is 31.0 Å². The molecule has 1 N–H and O–H groups in total. The number of rotatable bonds is 7. The van der Waals surface area contributed by atoms with Gasteiger partial charge >= 0.3 is 0 Å². The second-order valence-electron chi connectivity index (χ2n) is 11.3. The van der Waals surface area contributed by atoms with Crippen LogP contribution in [0, 0.1) is 29.3 Å². The minimum absolute atomic E-state index is 0.0921. The summed E-state index contributed by atoms with van der Waals surface area (Å²) in [5.74, 6) is -3.85. The molecule has 242 valence electrons. The Hall–Kier alpha value is -4.41. The van der Waals surface area contributed by atoms with Gasteiger partial charge in [-0.2, -0.15) is 9.61 Å². The maximum absolute atomic E-state index is 14.2. The molecule has 1 aliphatic rings. The first-order chi connectivity index (χ1) is 21.3. The summed E-state index contributed by atoms with van der Waals surface area (Å²) in [6, 6.07) is 15.0. The molecule has 1 unspecified atom stereocenters. The van der Waals surface area contributed by atoms with Crippen molar-refractivity contribution in [2.75, 3.05) is 24.5 Å². The number of aliphatic carboxylic acids is 1. The van der Waals surface area contributed by atoms with Crippen LogP contribution in [-0.4, -0.2) is 56.1 Å². The molecule has 0 spiro atoms. The molecule has 2 atom stereocenters. The molecule has 2 aromatic carbocycles. The summed E-state index contributed by atoms with van der Waals surface area (Å²) in [6.07, 6.45) is 0.936. The van der Waals surface area contributed by atoms with Gasteiger partial charge < -0.3 is 14.9 Å². The number of fused-ring (bicyclic) bond motifs is 1. The Bertz CT molecular complexity index is 1580. The summed E-state index contributed by atoms with van der Waals surface area (Å²) in [6.45, 7) is 15.4. The second kappa shape index (κ2) is 15.5. The third-order valence-electron chi connectivity index (χ3n) is 7.22. The number of halogens is 3. The predicted octanol–water partition coefficient (Wildman–Crippen LogP) is 7.64. The molecule has 5 rings (SSSR count). The highest BCUT2D eigenvalue weighted by Gasteiger charge is 2.28. The molecule has 0 saturated carbocycles. The average Bonchev–Trinajstić information content (AvgIpc) is 3.65. The molecule has 1 aliphatic heterocycles. The smallest absolute Gasteiger partial charge is 0.300 e. The fourth-order valence-corrected chi connectivity index (χ4v) is 5.16. The van der Waals surface area contributed by atoms with E-state index in [1.54, 1.807) is 21.5 Å². The van der Waals surface area contributed by atoms with E-state index in [9.17, 15) is 18.0 Å². The van der Waals surface area contributed by atoms with Gasteiger partial charge in [0.05, 0.1) is 11.7 Å². The van der Waals surface area contributed by atoms with Crippen molar-refractivity contribution < 1.29 is 27.9 Å². The first-order valence-electron chi connectivity index (χ1n) is 15.2. The van der Waals surface area contributed by atoms with Crippen LogP contribution in [0.1, 0.15) is 77.0 Å². The van der Waals surface area contributed by atoms with Crippen molar-refractivity contribution in [3.8, 4) is 11.3 Å². The highest BCUT2D eigenvalue weighted by atomic mass is 19.2. The van der Waals surface area contributed by atoms with Crippen LogP contribution in [0.15, 0.2) is 54.6 Å². The molecule has 4 aromatic rings. The van der Waals surface area contributed by atoms with Gasteiger partial charge in [0.25, 0.3) is 11.9 Å². The van der Waals surface area contributed by atoms with E-state index in [4.69, 9.17) is 9.90 Å². The quantitative estimate of drug-likeness (QED) is 0.212. The molecule has 1 saturated heterocycles. The Morgan fingerprint density at radius 2 is 1.62 bits per heavy atom. The van der Waals surface area contributed by atoms with Crippen molar-refractivity contribution >= 4 is 23.3 Å². The normalized spacial score (nSPS) is 14.8. The average molecular weight is 626 g/mol. The topological polar surface area (TPSA) is 91.0 Å².